The number of unbranched alkanes of at least 4 members (excludes halogenated alkanes) is 2. The first-order valence-electron chi connectivity index (χ1n) is 10.2. The minimum atomic E-state index is -3.69. The number of hydrogen-bond donors (Lipinski definition) is 3. The van der Waals surface area contributed by atoms with Gasteiger partial charge >= 0.3 is 6.09 Å². The maximum absolute atomic E-state index is 11.9. The number of nitrogens with one attached hydrogen (secondary N) is 2. The Labute approximate surface area is 183 Å². The largest absolute Gasteiger partial charge is 0.445 e. The minimum Gasteiger partial charge on any atom is -0.445 e. The Morgan fingerprint density at radius 3 is 2.23 bits per heavy atom. The molecule has 0 fully saturated rings. The van der Waals surface area contributed by atoms with Crippen LogP contribution in [0.4, 0.5) is 4.79 Å². The molecule has 0 radical (unpaired) electrons. The van der Waals surface area contributed by atoms with Gasteiger partial charge in [0.15, 0.2) is 0 Å². The second-order valence-corrected chi connectivity index (χ2v) is 8.65. The molecule has 168 valence electrons. The van der Waals surface area contributed by atoms with Gasteiger partial charge in [0.1, 0.15) is 6.61 Å². The number of rotatable bonds is 12. The number of sulfonamides is 1. The highest BCUT2D eigenvalue weighted by molar-refractivity contribution is 7.89. The molecule has 2 aromatic rings. The molecule has 0 saturated heterocycles. The first kappa shape index (κ1) is 24.4. The predicted molar refractivity (Wildman–Crippen MR) is 118 cm³/mol. The Kier molecular flexibility index (Phi) is 9.99. The van der Waals surface area contributed by atoms with Crippen LogP contribution in [0, 0.1) is 0 Å². The Morgan fingerprint density at radius 2 is 1.55 bits per heavy atom. The lowest BCUT2D eigenvalue weighted by atomic mass is 10.1. The number of alkyl carbamates (subject to hydrolysis) is 1. The van der Waals surface area contributed by atoms with Crippen molar-refractivity contribution in [3.8, 4) is 0 Å². The summed E-state index contributed by atoms with van der Waals surface area (Å²) in [5, 5.41) is 10.6. The van der Waals surface area contributed by atoms with Crippen LogP contribution in [0.25, 0.3) is 0 Å². The number of nitrogens with two attached hydrogens (primary N) is 1. The van der Waals surface area contributed by atoms with Crippen LogP contribution in [-0.2, 0) is 32.6 Å². The van der Waals surface area contributed by atoms with Crippen LogP contribution in [0.2, 0.25) is 0 Å². The molecule has 2 aromatic carbocycles. The molecule has 0 aliphatic carbocycles. The van der Waals surface area contributed by atoms with E-state index in [1.807, 2.05) is 30.3 Å². The Balaban J connectivity index is 1.48. The third kappa shape index (κ3) is 10.1. The molecule has 0 spiro atoms. The lowest BCUT2D eigenvalue weighted by molar-refractivity contribution is -0.121. The Bertz CT molecular complexity index is 931. The molecule has 2 rings (SSSR count). The second kappa shape index (κ2) is 12.7. The summed E-state index contributed by atoms with van der Waals surface area (Å²) in [5.41, 5.74) is 1.85. The molecule has 9 heteroatoms. The molecule has 0 atom stereocenters. The van der Waals surface area contributed by atoms with Gasteiger partial charge in [-0.2, -0.15) is 0 Å². The van der Waals surface area contributed by atoms with Crippen LogP contribution in [0.3, 0.4) is 0 Å². The van der Waals surface area contributed by atoms with E-state index in [1.54, 1.807) is 12.1 Å². The van der Waals surface area contributed by atoms with Crippen molar-refractivity contribution >= 4 is 22.0 Å². The van der Waals surface area contributed by atoms with Crippen LogP contribution in [0.15, 0.2) is 59.5 Å². The quantitative estimate of drug-likeness (QED) is 0.431. The van der Waals surface area contributed by atoms with E-state index in [0.29, 0.717) is 25.9 Å². The molecule has 8 nitrogen and oxygen atoms in total. The fourth-order valence-electron chi connectivity index (χ4n) is 2.83. The zero-order valence-electron chi connectivity index (χ0n) is 17.4. The summed E-state index contributed by atoms with van der Waals surface area (Å²) >= 11 is 0. The highest BCUT2D eigenvalue weighted by Crippen LogP contribution is 2.09. The predicted octanol–water partition coefficient (Wildman–Crippen LogP) is 2.48. The molecular formula is C22H29N3O5S. The maximum atomic E-state index is 11.9. The third-order valence-corrected chi connectivity index (χ3v) is 5.48. The van der Waals surface area contributed by atoms with Crippen LogP contribution >= 0.6 is 0 Å². The number of carbonyl (C=O) groups is 2. The summed E-state index contributed by atoms with van der Waals surface area (Å²) in [6.45, 7) is 1.22. The van der Waals surface area contributed by atoms with Gasteiger partial charge in [0.25, 0.3) is 0 Å². The van der Waals surface area contributed by atoms with E-state index >= 15 is 0 Å². The van der Waals surface area contributed by atoms with E-state index in [0.717, 1.165) is 30.4 Å². The van der Waals surface area contributed by atoms with Crippen molar-refractivity contribution < 1.29 is 22.7 Å². The number of ether oxygens (including phenoxy) is 1. The monoisotopic (exact) mass is 447 g/mol. The smallest absolute Gasteiger partial charge is 0.407 e. The summed E-state index contributed by atoms with van der Waals surface area (Å²) < 4.78 is 27.6. The van der Waals surface area contributed by atoms with Crippen molar-refractivity contribution in [3.63, 3.8) is 0 Å². The maximum Gasteiger partial charge on any atom is 0.407 e. The molecule has 0 saturated carbocycles. The van der Waals surface area contributed by atoms with Gasteiger partial charge < -0.3 is 15.4 Å². The Morgan fingerprint density at radius 1 is 0.839 bits per heavy atom. The number of carbonyl (C=O) groups excluding carboxylic acids is 2. The van der Waals surface area contributed by atoms with Crippen molar-refractivity contribution in [3.05, 3.63) is 65.7 Å². The molecule has 0 aromatic heterocycles. The average molecular weight is 448 g/mol. The summed E-state index contributed by atoms with van der Waals surface area (Å²) in [4.78, 5) is 23.6. The van der Waals surface area contributed by atoms with E-state index < -0.39 is 16.1 Å². The third-order valence-electron chi connectivity index (χ3n) is 4.55. The first-order valence-corrected chi connectivity index (χ1v) is 11.7. The number of amides is 2. The highest BCUT2D eigenvalue weighted by Gasteiger charge is 2.07. The van der Waals surface area contributed by atoms with E-state index in [-0.39, 0.29) is 17.4 Å². The average Bonchev–Trinajstić information content (AvgIpc) is 2.75. The van der Waals surface area contributed by atoms with Gasteiger partial charge in [-0.15, -0.1) is 0 Å². The number of hydrogen-bond acceptors (Lipinski definition) is 5. The van der Waals surface area contributed by atoms with E-state index in [9.17, 15) is 18.0 Å². The van der Waals surface area contributed by atoms with Crippen LogP contribution in [-0.4, -0.2) is 33.5 Å². The lowest BCUT2D eigenvalue weighted by Crippen LogP contribution is -2.26. The standard InChI is InChI=1S/C22H29N3O5S/c23-31(28,29)20-12-10-18(11-13-20)14-16-24-21(26)9-5-2-6-15-25-22(27)30-17-19-7-3-1-4-8-19/h1,3-4,7-8,10-13H,2,5-6,9,14-17H2,(H,24,26)(H,25,27)(H2,23,28,29). The second-order valence-electron chi connectivity index (χ2n) is 7.09. The zero-order valence-corrected chi connectivity index (χ0v) is 18.2. The van der Waals surface area contributed by atoms with Crippen molar-refractivity contribution in [1.29, 1.82) is 0 Å². The van der Waals surface area contributed by atoms with E-state index in [1.165, 1.54) is 12.1 Å². The molecule has 0 aliphatic rings. The van der Waals surface area contributed by atoms with Crippen LogP contribution in [0.1, 0.15) is 36.8 Å². The number of primary sulfonamides is 1. The molecule has 2 amide bonds. The van der Waals surface area contributed by atoms with Gasteiger partial charge in [0, 0.05) is 19.5 Å². The fourth-order valence-corrected chi connectivity index (χ4v) is 3.35. The summed E-state index contributed by atoms with van der Waals surface area (Å²) in [6.07, 6.45) is 2.90. The van der Waals surface area contributed by atoms with Crippen LogP contribution < -0.4 is 15.8 Å². The minimum absolute atomic E-state index is 0.0311. The molecular weight excluding hydrogens is 418 g/mol. The van der Waals surface area contributed by atoms with Gasteiger partial charge in [-0.3, -0.25) is 4.79 Å². The zero-order chi connectivity index (χ0) is 22.5. The lowest BCUT2D eigenvalue weighted by Gasteiger charge is -2.08. The Hall–Kier alpha value is -2.91. The SMILES string of the molecule is NS(=O)(=O)c1ccc(CCNC(=O)CCCCCNC(=O)OCc2ccccc2)cc1. The molecule has 31 heavy (non-hydrogen) atoms. The molecule has 0 bridgehead atoms. The highest BCUT2D eigenvalue weighted by atomic mass is 32.2. The summed E-state index contributed by atoms with van der Waals surface area (Å²) in [6, 6.07) is 15.7. The van der Waals surface area contributed by atoms with E-state index in [2.05, 4.69) is 10.6 Å². The van der Waals surface area contributed by atoms with Crippen molar-refractivity contribution in [2.75, 3.05) is 13.1 Å². The van der Waals surface area contributed by atoms with Crippen molar-refractivity contribution in [2.24, 2.45) is 5.14 Å². The van der Waals surface area contributed by atoms with Gasteiger partial charge in [-0.05, 0) is 42.5 Å². The van der Waals surface area contributed by atoms with Crippen LogP contribution in [0.5, 0.6) is 0 Å². The fraction of sp³-hybridized carbons (Fsp3) is 0.364. The van der Waals surface area contributed by atoms with Gasteiger partial charge in [-0.1, -0.05) is 48.9 Å². The first-order chi connectivity index (χ1) is 14.8. The summed E-state index contributed by atoms with van der Waals surface area (Å²) in [5.74, 6) is -0.0311. The van der Waals surface area contributed by atoms with E-state index in [4.69, 9.17) is 9.88 Å². The van der Waals surface area contributed by atoms with Gasteiger partial charge in [0.2, 0.25) is 15.9 Å². The number of benzene rings is 2. The summed E-state index contributed by atoms with van der Waals surface area (Å²) in [7, 11) is -3.69. The van der Waals surface area contributed by atoms with Crippen molar-refractivity contribution in [1.82, 2.24) is 10.6 Å². The van der Waals surface area contributed by atoms with Gasteiger partial charge in [0.05, 0.1) is 4.90 Å². The topological polar surface area (TPSA) is 128 Å². The molecule has 4 N–H and O–H groups in total. The van der Waals surface area contributed by atoms with Gasteiger partial charge in [-0.25, -0.2) is 18.4 Å². The molecule has 0 aliphatic heterocycles. The normalized spacial score (nSPS) is 11.0. The molecule has 0 unspecified atom stereocenters. The molecule has 0 heterocycles. The van der Waals surface area contributed by atoms with Crippen molar-refractivity contribution in [2.45, 2.75) is 43.6 Å².